The van der Waals surface area contributed by atoms with Crippen LogP contribution in [0.4, 0.5) is 10.1 Å². The van der Waals surface area contributed by atoms with Gasteiger partial charge < -0.3 is 5.32 Å². The summed E-state index contributed by atoms with van der Waals surface area (Å²) in [5.41, 5.74) is 3.95. The van der Waals surface area contributed by atoms with E-state index in [1.165, 1.54) is 12.1 Å². The van der Waals surface area contributed by atoms with Gasteiger partial charge in [-0.15, -0.1) is 0 Å². The van der Waals surface area contributed by atoms with Crippen LogP contribution in [0.15, 0.2) is 42.5 Å². The molecule has 3 nitrogen and oxygen atoms in total. The number of hydrogen-bond acceptors (Lipinski definition) is 2. The number of benzene rings is 2. The average Bonchev–Trinajstić information content (AvgIpc) is 2.51. The molecule has 0 aliphatic carbocycles. The Labute approximate surface area is 137 Å². The van der Waals surface area contributed by atoms with Gasteiger partial charge in [-0.25, -0.2) is 4.39 Å². The summed E-state index contributed by atoms with van der Waals surface area (Å²) < 4.78 is 13.0. The molecule has 1 amide bonds. The predicted molar refractivity (Wildman–Crippen MR) is 92.0 cm³/mol. The van der Waals surface area contributed by atoms with Crippen LogP contribution in [0, 0.1) is 19.7 Å². The first-order valence-electron chi connectivity index (χ1n) is 7.70. The lowest BCUT2D eigenvalue weighted by atomic mass is 10.1. The first-order chi connectivity index (χ1) is 10.9. The minimum atomic E-state index is -0.253. The maximum Gasteiger partial charge on any atom is 0.238 e. The van der Waals surface area contributed by atoms with Crippen LogP contribution in [0.1, 0.15) is 29.7 Å². The van der Waals surface area contributed by atoms with Gasteiger partial charge in [0.05, 0.1) is 6.54 Å². The van der Waals surface area contributed by atoms with Crippen molar-refractivity contribution in [2.45, 2.75) is 26.8 Å². The summed E-state index contributed by atoms with van der Waals surface area (Å²) in [6.45, 7) is 6.23. The second kappa shape index (κ2) is 7.38. The van der Waals surface area contributed by atoms with E-state index >= 15 is 0 Å². The highest BCUT2D eigenvalue weighted by Crippen LogP contribution is 2.21. The minimum absolute atomic E-state index is 0.0271. The molecule has 0 saturated carbocycles. The van der Waals surface area contributed by atoms with E-state index < -0.39 is 0 Å². The number of nitrogens with zero attached hydrogens (tertiary/aromatic N) is 1. The molecular formula is C19H23FN2O. The summed E-state index contributed by atoms with van der Waals surface area (Å²) in [5, 5.41) is 2.98. The van der Waals surface area contributed by atoms with Crippen molar-refractivity contribution in [2.75, 3.05) is 18.9 Å². The standard InChI is InChI=1S/C19H23FN2O/c1-13-6-5-7-14(2)19(13)21-18(23)12-22(4)15(3)16-8-10-17(20)11-9-16/h5-11,15H,12H2,1-4H3,(H,21,23)/t15-/m0/s1. The van der Waals surface area contributed by atoms with Crippen molar-refractivity contribution in [3.8, 4) is 0 Å². The molecule has 0 aliphatic rings. The number of amides is 1. The van der Waals surface area contributed by atoms with Crippen LogP contribution < -0.4 is 5.32 Å². The maximum atomic E-state index is 13.0. The van der Waals surface area contributed by atoms with Gasteiger partial charge in [0.2, 0.25) is 5.91 Å². The average molecular weight is 314 g/mol. The molecule has 4 heteroatoms. The normalized spacial score (nSPS) is 12.3. The summed E-state index contributed by atoms with van der Waals surface area (Å²) in [6.07, 6.45) is 0. The second-order valence-electron chi connectivity index (χ2n) is 5.96. The third-order valence-corrected chi connectivity index (χ3v) is 4.15. The Morgan fingerprint density at radius 2 is 1.70 bits per heavy atom. The molecule has 0 aliphatic heterocycles. The van der Waals surface area contributed by atoms with Gasteiger partial charge in [-0.3, -0.25) is 9.69 Å². The molecule has 0 aromatic heterocycles. The van der Waals surface area contributed by atoms with E-state index in [0.717, 1.165) is 22.4 Å². The maximum absolute atomic E-state index is 13.0. The Morgan fingerprint density at radius 1 is 1.13 bits per heavy atom. The summed E-state index contributed by atoms with van der Waals surface area (Å²) in [5.74, 6) is -0.310. The van der Waals surface area contributed by atoms with E-state index in [2.05, 4.69) is 5.32 Å². The van der Waals surface area contributed by atoms with Gasteiger partial charge in [0.25, 0.3) is 0 Å². The third-order valence-electron chi connectivity index (χ3n) is 4.15. The molecule has 0 unspecified atom stereocenters. The van der Waals surface area contributed by atoms with E-state index in [1.807, 2.05) is 50.9 Å². The zero-order chi connectivity index (χ0) is 17.0. The SMILES string of the molecule is Cc1cccc(C)c1NC(=O)CN(C)[C@@H](C)c1ccc(F)cc1. The molecular weight excluding hydrogens is 291 g/mol. The number of likely N-dealkylation sites (N-methyl/N-ethyl adjacent to an activating group) is 1. The highest BCUT2D eigenvalue weighted by atomic mass is 19.1. The van der Waals surface area contributed by atoms with Crippen molar-refractivity contribution >= 4 is 11.6 Å². The van der Waals surface area contributed by atoms with Gasteiger partial charge in [0.1, 0.15) is 5.82 Å². The van der Waals surface area contributed by atoms with E-state index in [9.17, 15) is 9.18 Å². The molecule has 0 spiro atoms. The Balaban J connectivity index is 2.00. The molecule has 2 rings (SSSR count). The topological polar surface area (TPSA) is 32.3 Å². The smallest absolute Gasteiger partial charge is 0.238 e. The van der Waals surface area contributed by atoms with Crippen molar-refractivity contribution in [2.24, 2.45) is 0 Å². The highest BCUT2D eigenvalue weighted by Gasteiger charge is 2.16. The van der Waals surface area contributed by atoms with Crippen molar-refractivity contribution in [3.05, 3.63) is 65.0 Å². The van der Waals surface area contributed by atoms with Crippen molar-refractivity contribution in [1.29, 1.82) is 0 Å². The molecule has 0 bridgehead atoms. The van der Waals surface area contributed by atoms with E-state index in [4.69, 9.17) is 0 Å². The largest absolute Gasteiger partial charge is 0.324 e. The van der Waals surface area contributed by atoms with Gasteiger partial charge in [0.15, 0.2) is 0 Å². The lowest BCUT2D eigenvalue weighted by Crippen LogP contribution is -2.32. The number of aryl methyl sites for hydroxylation is 2. The van der Waals surface area contributed by atoms with E-state index in [0.29, 0.717) is 0 Å². The minimum Gasteiger partial charge on any atom is -0.324 e. The molecule has 0 fully saturated rings. The van der Waals surface area contributed by atoms with E-state index in [-0.39, 0.29) is 24.3 Å². The van der Waals surface area contributed by atoms with Gasteiger partial charge in [0, 0.05) is 11.7 Å². The first-order valence-corrected chi connectivity index (χ1v) is 7.70. The Kier molecular flexibility index (Phi) is 5.50. The first kappa shape index (κ1) is 17.2. The molecule has 0 radical (unpaired) electrons. The molecule has 122 valence electrons. The number of anilines is 1. The zero-order valence-corrected chi connectivity index (χ0v) is 14.1. The summed E-state index contributed by atoms with van der Waals surface area (Å²) in [7, 11) is 1.89. The molecule has 0 heterocycles. The number of carbonyl (C=O) groups is 1. The lowest BCUT2D eigenvalue weighted by molar-refractivity contribution is -0.117. The van der Waals surface area contributed by atoms with Gasteiger partial charge in [-0.2, -0.15) is 0 Å². The number of rotatable bonds is 5. The fourth-order valence-electron chi connectivity index (χ4n) is 2.55. The fraction of sp³-hybridized carbons (Fsp3) is 0.316. The quantitative estimate of drug-likeness (QED) is 0.902. The van der Waals surface area contributed by atoms with Crippen molar-refractivity contribution in [3.63, 3.8) is 0 Å². The van der Waals surface area contributed by atoms with Gasteiger partial charge in [-0.1, -0.05) is 30.3 Å². The lowest BCUT2D eigenvalue weighted by Gasteiger charge is -2.25. The van der Waals surface area contributed by atoms with Crippen molar-refractivity contribution < 1.29 is 9.18 Å². The van der Waals surface area contributed by atoms with Crippen LogP contribution in [0.2, 0.25) is 0 Å². The summed E-state index contributed by atoms with van der Waals surface area (Å²) in [4.78, 5) is 14.2. The Morgan fingerprint density at radius 3 is 2.26 bits per heavy atom. The third kappa shape index (κ3) is 4.39. The number of nitrogens with one attached hydrogen (secondary N) is 1. The van der Waals surface area contributed by atoms with Crippen molar-refractivity contribution in [1.82, 2.24) is 4.90 Å². The molecule has 1 atom stereocenters. The Bertz CT molecular complexity index is 662. The van der Waals surface area contributed by atoms with Crippen LogP contribution in [-0.2, 0) is 4.79 Å². The number of halogens is 1. The van der Waals surface area contributed by atoms with Crippen LogP contribution >= 0.6 is 0 Å². The summed E-state index contributed by atoms with van der Waals surface area (Å²) >= 11 is 0. The Hall–Kier alpha value is -2.20. The highest BCUT2D eigenvalue weighted by molar-refractivity contribution is 5.93. The predicted octanol–water partition coefficient (Wildman–Crippen LogP) is 4.07. The van der Waals surface area contributed by atoms with Crippen LogP contribution in [-0.4, -0.2) is 24.4 Å². The molecule has 0 saturated heterocycles. The van der Waals surface area contributed by atoms with Crippen LogP contribution in [0.25, 0.3) is 0 Å². The number of carbonyl (C=O) groups excluding carboxylic acids is 1. The molecule has 23 heavy (non-hydrogen) atoms. The van der Waals surface area contributed by atoms with Crippen LogP contribution in [0.5, 0.6) is 0 Å². The molecule has 1 N–H and O–H groups in total. The van der Waals surface area contributed by atoms with Crippen LogP contribution in [0.3, 0.4) is 0 Å². The van der Waals surface area contributed by atoms with Gasteiger partial charge >= 0.3 is 0 Å². The zero-order valence-electron chi connectivity index (χ0n) is 14.1. The van der Waals surface area contributed by atoms with E-state index in [1.54, 1.807) is 12.1 Å². The number of para-hydroxylation sites is 1. The monoisotopic (exact) mass is 314 g/mol. The molecule has 2 aromatic carbocycles. The number of hydrogen-bond donors (Lipinski definition) is 1. The second-order valence-corrected chi connectivity index (χ2v) is 5.96. The fourth-order valence-corrected chi connectivity index (χ4v) is 2.55. The summed E-state index contributed by atoms with van der Waals surface area (Å²) in [6, 6.07) is 12.3. The van der Waals surface area contributed by atoms with Gasteiger partial charge in [-0.05, 0) is 56.6 Å². The molecule has 2 aromatic rings.